The number of imidazole rings is 1. The Balaban J connectivity index is 1.46. The van der Waals surface area contributed by atoms with Crippen molar-refractivity contribution >= 4 is 48.4 Å². The normalized spacial score (nSPS) is 15.9. The molecule has 1 aromatic carbocycles. The first-order valence-corrected chi connectivity index (χ1v) is 16.8. The highest BCUT2D eigenvalue weighted by molar-refractivity contribution is 7.99. The van der Waals surface area contributed by atoms with E-state index >= 15 is 0 Å². The molecule has 0 radical (unpaired) electrons. The van der Waals surface area contributed by atoms with Crippen LogP contribution >= 0.6 is 19.4 Å². The summed E-state index contributed by atoms with van der Waals surface area (Å²) in [5.74, 6) is -0.734. The number of carboxylic acid groups (broad SMARTS) is 1. The number of methoxy groups -OCH3 is 1. The first-order chi connectivity index (χ1) is 21.0. The SMILES string of the molecule is COc1ccc(Sc2nc(N)nc3c2ncn3CC2(OCP(=O)(OCCC(C)(C)C(=O)O)OCOC(=O)C(C)(C)C)CC2)cc1. The molecule has 0 amide bonds. The number of nitrogens with zero attached hydrogens (tertiary/aromatic N) is 4. The Kier molecular flexibility index (Phi) is 10.5. The molecule has 14 nitrogen and oxygen atoms in total. The monoisotopic (exact) mass is 665 g/mol. The number of aliphatic carboxylic acids is 1. The van der Waals surface area contributed by atoms with Crippen LogP contribution in [0.5, 0.6) is 5.75 Å². The van der Waals surface area contributed by atoms with Crippen LogP contribution in [0.15, 0.2) is 40.5 Å². The highest BCUT2D eigenvalue weighted by Crippen LogP contribution is 2.53. The molecule has 2 aromatic heterocycles. The number of carbonyl (C=O) groups excluding carboxylic acids is 1. The van der Waals surface area contributed by atoms with Crippen LogP contribution in [0.25, 0.3) is 11.2 Å². The van der Waals surface area contributed by atoms with E-state index in [2.05, 4.69) is 15.0 Å². The Labute approximate surface area is 265 Å². The van der Waals surface area contributed by atoms with Crippen molar-refractivity contribution < 1.29 is 42.5 Å². The lowest BCUT2D eigenvalue weighted by Crippen LogP contribution is -2.26. The van der Waals surface area contributed by atoms with Gasteiger partial charge >= 0.3 is 19.5 Å². The van der Waals surface area contributed by atoms with Crippen LogP contribution < -0.4 is 10.5 Å². The maximum atomic E-state index is 13.7. The minimum atomic E-state index is -3.97. The Morgan fingerprint density at radius 1 is 1.11 bits per heavy atom. The fraction of sp³-hybridized carbons (Fsp3) is 0.552. The maximum Gasteiger partial charge on any atom is 0.359 e. The molecular formula is C29H40N5O9PS. The first kappa shape index (κ1) is 34.6. The van der Waals surface area contributed by atoms with Crippen molar-refractivity contribution in [1.82, 2.24) is 19.5 Å². The minimum absolute atomic E-state index is 0.0711. The molecule has 3 N–H and O–H groups in total. The van der Waals surface area contributed by atoms with Crippen molar-refractivity contribution in [3.05, 3.63) is 30.6 Å². The zero-order valence-corrected chi connectivity index (χ0v) is 28.0. The van der Waals surface area contributed by atoms with Gasteiger partial charge in [-0.25, -0.2) is 9.97 Å². The van der Waals surface area contributed by atoms with E-state index in [1.807, 2.05) is 28.8 Å². The molecule has 0 aliphatic heterocycles. The number of hydrogen-bond donors (Lipinski definition) is 2. The van der Waals surface area contributed by atoms with Crippen LogP contribution in [0.3, 0.4) is 0 Å². The third-order valence-electron chi connectivity index (χ3n) is 7.16. The summed E-state index contributed by atoms with van der Waals surface area (Å²) in [5.41, 5.74) is 4.55. The summed E-state index contributed by atoms with van der Waals surface area (Å²) in [5, 5.41) is 10.0. The summed E-state index contributed by atoms with van der Waals surface area (Å²) in [4.78, 5) is 38.0. The van der Waals surface area contributed by atoms with Gasteiger partial charge in [0.15, 0.2) is 5.65 Å². The van der Waals surface area contributed by atoms with Gasteiger partial charge in [0.25, 0.3) is 0 Å². The number of nitrogen functional groups attached to an aromatic ring is 1. The molecule has 1 atom stereocenters. The van der Waals surface area contributed by atoms with Crippen molar-refractivity contribution in [1.29, 1.82) is 0 Å². The van der Waals surface area contributed by atoms with E-state index in [1.54, 1.807) is 34.2 Å². The van der Waals surface area contributed by atoms with Crippen LogP contribution in [0.2, 0.25) is 0 Å². The van der Waals surface area contributed by atoms with E-state index in [-0.39, 0.29) is 19.0 Å². The average molecular weight is 666 g/mol. The fourth-order valence-electron chi connectivity index (χ4n) is 3.93. The predicted octanol–water partition coefficient (Wildman–Crippen LogP) is 5.35. The Morgan fingerprint density at radius 2 is 1.80 bits per heavy atom. The molecule has 4 rings (SSSR count). The summed E-state index contributed by atoms with van der Waals surface area (Å²) < 4.78 is 43.1. The van der Waals surface area contributed by atoms with Crippen molar-refractivity contribution in [2.75, 3.05) is 32.6 Å². The summed E-state index contributed by atoms with van der Waals surface area (Å²) in [6.07, 6.45) is 2.59. The van der Waals surface area contributed by atoms with Gasteiger partial charge in [0.05, 0.1) is 43.0 Å². The molecule has 0 saturated heterocycles. The zero-order valence-electron chi connectivity index (χ0n) is 26.3. The van der Waals surface area contributed by atoms with Gasteiger partial charge in [-0.15, -0.1) is 0 Å². The molecule has 3 aromatic rings. The molecular weight excluding hydrogens is 625 g/mol. The highest BCUT2D eigenvalue weighted by atomic mass is 32.2. The number of aromatic nitrogens is 4. The summed E-state index contributed by atoms with van der Waals surface area (Å²) in [6, 6.07) is 7.52. The molecule has 0 spiro atoms. The smallest absolute Gasteiger partial charge is 0.359 e. The lowest BCUT2D eigenvalue weighted by molar-refractivity contribution is -0.160. The average Bonchev–Trinajstić information content (AvgIpc) is 3.63. The van der Waals surface area contributed by atoms with E-state index in [4.69, 9.17) is 29.0 Å². The standard InChI is InChI=1S/C29H40N5O9PS/c1-27(2,3)25(37)40-17-43-44(38,42-14-13-28(4,5)24(35)36)18-41-29(11-12-29)15-34-16-31-21-22(34)32-26(30)33-23(21)45-20-9-7-19(39-6)8-10-20/h7-10,16H,11-15,17-18H2,1-6H3,(H,35,36)(H2,30,32,33). The Morgan fingerprint density at radius 3 is 2.40 bits per heavy atom. The number of esters is 1. The number of carboxylic acids is 1. The number of carbonyl (C=O) groups is 2. The van der Waals surface area contributed by atoms with Crippen molar-refractivity contribution in [2.45, 2.75) is 75.9 Å². The van der Waals surface area contributed by atoms with Gasteiger partial charge in [-0.3, -0.25) is 18.7 Å². The number of hydrogen-bond acceptors (Lipinski definition) is 13. The molecule has 1 aliphatic rings. The molecule has 246 valence electrons. The summed E-state index contributed by atoms with van der Waals surface area (Å²) in [6.45, 7) is 7.67. The van der Waals surface area contributed by atoms with Crippen LogP contribution in [-0.4, -0.2) is 69.0 Å². The molecule has 1 fully saturated rings. The number of nitrogens with two attached hydrogens (primary N) is 1. The number of ether oxygens (including phenoxy) is 3. The topological polar surface area (TPSA) is 187 Å². The van der Waals surface area contributed by atoms with Gasteiger partial charge in [-0.05, 0) is 78.1 Å². The Bertz CT molecular complexity index is 1570. The second-order valence-electron chi connectivity index (χ2n) is 12.5. The van der Waals surface area contributed by atoms with Gasteiger partial charge in [-0.1, -0.05) is 11.8 Å². The lowest BCUT2D eigenvalue weighted by atomic mass is 9.90. The van der Waals surface area contributed by atoms with Crippen LogP contribution in [0, 0.1) is 10.8 Å². The maximum absolute atomic E-state index is 13.7. The van der Waals surface area contributed by atoms with Gasteiger partial charge in [0.1, 0.15) is 22.6 Å². The van der Waals surface area contributed by atoms with Gasteiger partial charge in [0.2, 0.25) is 12.7 Å². The molecule has 1 aliphatic carbocycles. The van der Waals surface area contributed by atoms with Crippen molar-refractivity contribution in [3.63, 3.8) is 0 Å². The largest absolute Gasteiger partial charge is 0.497 e. The quantitative estimate of drug-likeness (QED) is 0.0862. The minimum Gasteiger partial charge on any atom is -0.497 e. The predicted molar refractivity (Wildman–Crippen MR) is 166 cm³/mol. The molecule has 1 saturated carbocycles. The molecule has 16 heteroatoms. The fourth-order valence-corrected chi connectivity index (χ4v) is 6.04. The van der Waals surface area contributed by atoms with Gasteiger partial charge in [0, 0.05) is 4.90 Å². The van der Waals surface area contributed by atoms with E-state index in [1.165, 1.54) is 25.6 Å². The van der Waals surface area contributed by atoms with Gasteiger partial charge < -0.3 is 34.1 Å². The third kappa shape index (κ3) is 9.17. The Hall–Kier alpha value is -3.23. The van der Waals surface area contributed by atoms with Crippen molar-refractivity contribution in [2.24, 2.45) is 10.8 Å². The summed E-state index contributed by atoms with van der Waals surface area (Å²) in [7, 11) is -2.37. The number of anilines is 1. The molecule has 1 unspecified atom stereocenters. The lowest BCUT2D eigenvalue weighted by Gasteiger charge is -2.25. The van der Waals surface area contributed by atoms with Crippen LogP contribution in [0.4, 0.5) is 5.95 Å². The highest BCUT2D eigenvalue weighted by Gasteiger charge is 2.47. The third-order valence-corrected chi connectivity index (χ3v) is 9.67. The second-order valence-corrected chi connectivity index (χ2v) is 15.5. The van der Waals surface area contributed by atoms with Crippen LogP contribution in [0.1, 0.15) is 53.9 Å². The van der Waals surface area contributed by atoms with E-state index in [0.29, 0.717) is 35.6 Å². The second kappa shape index (κ2) is 13.6. The van der Waals surface area contributed by atoms with Crippen molar-refractivity contribution in [3.8, 4) is 5.75 Å². The van der Waals surface area contributed by atoms with Gasteiger partial charge in [-0.2, -0.15) is 4.98 Å². The zero-order chi connectivity index (χ0) is 33.0. The molecule has 0 bridgehead atoms. The van der Waals surface area contributed by atoms with E-state index < -0.39 is 49.1 Å². The molecule has 2 heterocycles. The van der Waals surface area contributed by atoms with E-state index in [9.17, 15) is 19.3 Å². The van der Waals surface area contributed by atoms with Crippen LogP contribution in [-0.2, 0) is 39.2 Å². The van der Waals surface area contributed by atoms with E-state index in [0.717, 1.165) is 10.6 Å². The first-order valence-electron chi connectivity index (χ1n) is 14.3. The number of fused-ring (bicyclic) bond motifs is 1. The summed E-state index contributed by atoms with van der Waals surface area (Å²) >= 11 is 1.40. The number of benzene rings is 1. The number of rotatable bonds is 16. The molecule has 45 heavy (non-hydrogen) atoms.